The SMILES string of the molecule is CON([SH](=O)=O)[SH](=O)=O. The highest BCUT2D eigenvalue weighted by molar-refractivity contribution is 7.85. The highest BCUT2D eigenvalue weighted by Gasteiger charge is 2.05. The van der Waals surface area contributed by atoms with E-state index in [0.29, 0.717) is 0 Å². The van der Waals surface area contributed by atoms with Crippen LogP contribution < -0.4 is 0 Å². The minimum absolute atomic E-state index is 0.134. The second-order valence-corrected chi connectivity index (χ2v) is 2.90. The molecule has 0 N–H and O–H groups in total. The minimum Gasteiger partial charge on any atom is -0.274 e. The third kappa shape index (κ3) is 2.75. The van der Waals surface area contributed by atoms with Crippen molar-refractivity contribution >= 4 is 21.8 Å². The number of nitrogens with zero attached hydrogens (tertiary/aromatic N) is 1. The monoisotopic (exact) mass is 175 g/mol. The lowest BCUT2D eigenvalue weighted by Crippen LogP contribution is -2.17. The lowest BCUT2D eigenvalue weighted by Gasteiger charge is -1.99. The summed E-state index contributed by atoms with van der Waals surface area (Å²) < 4.78 is 39.2. The van der Waals surface area contributed by atoms with Crippen LogP contribution in [0.1, 0.15) is 0 Å². The van der Waals surface area contributed by atoms with Gasteiger partial charge in [0.25, 0.3) is 0 Å². The summed E-state index contributed by atoms with van der Waals surface area (Å²) in [4.78, 5) is 3.91. The van der Waals surface area contributed by atoms with Crippen molar-refractivity contribution in [1.29, 1.82) is 0 Å². The molecule has 0 bridgehead atoms. The summed E-state index contributed by atoms with van der Waals surface area (Å²) in [5, 5.41) is 0. The molecule has 6 nitrogen and oxygen atoms in total. The van der Waals surface area contributed by atoms with E-state index < -0.39 is 21.8 Å². The van der Waals surface area contributed by atoms with E-state index >= 15 is 0 Å². The third-order valence-corrected chi connectivity index (χ3v) is 2.20. The molecular formula is CH5NO5S2. The van der Waals surface area contributed by atoms with E-state index in [0.717, 1.165) is 7.11 Å². The first kappa shape index (κ1) is 8.82. The summed E-state index contributed by atoms with van der Waals surface area (Å²) in [6, 6.07) is 0. The average Bonchev–Trinajstić information content (AvgIpc) is 1.64. The Kier molecular flexibility index (Phi) is 3.70. The van der Waals surface area contributed by atoms with E-state index in [9.17, 15) is 16.8 Å². The van der Waals surface area contributed by atoms with Gasteiger partial charge in [0.2, 0.25) is 21.8 Å². The smallest absolute Gasteiger partial charge is 0.239 e. The molecule has 0 aromatic heterocycles. The molecule has 0 aliphatic rings. The van der Waals surface area contributed by atoms with Gasteiger partial charge in [0, 0.05) is 3.87 Å². The normalized spacial score (nSPS) is 11.6. The Bertz CT molecular complexity index is 177. The van der Waals surface area contributed by atoms with Crippen molar-refractivity contribution in [3.63, 3.8) is 0 Å². The van der Waals surface area contributed by atoms with Crippen LogP contribution in [-0.2, 0) is 26.6 Å². The zero-order chi connectivity index (χ0) is 7.44. The van der Waals surface area contributed by atoms with E-state index in [-0.39, 0.29) is 3.87 Å². The Morgan fingerprint density at radius 3 is 1.44 bits per heavy atom. The van der Waals surface area contributed by atoms with Crippen LogP contribution in [0.4, 0.5) is 0 Å². The predicted molar refractivity (Wildman–Crippen MR) is 29.5 cm³/mol. The van der Waals surface area contributed by atoms with Gasteiger partial charge in [-0.05, 0) is 0 Å². The maximum absolute atomic E-state index is 9.83. The molecule has 0 radical (unpaired) electrons. The van der Waals surface area contributed by atoms with Gasteiger partial charge in [-0.3, -0.25) is 4.84 Å². The number of thiol groups is 2. The van der Waals surface area contributed by atoms with Gasteiger partial charge >= 0.3 is 0 Å². The Balaban J connectivity index is 4.35. The standard InChI is InChI=1S/CH5NO5S2/c1-7-2(8(3)4)9(5)6/h8-9H,1H3. The fraction of sp³-hybridized carbons (Fsp3) is 1.00. The summed E-state index contributed by atoms with van der Waals surface area (Å²) in [5.74, 6) is 0. The van der Waals surface area contributed by atoms with Crippen LogP contribution >= 0.6 is 0 Å². The summed E-state index contributed by atoms with van der Waals surface area (Å²) in [6.45, 7) is 0. The second kappa shape index (κ2) is 3.77. The first-order valence-electron chi connectivity index (χ1n) is 1.72. The van der Waals surface area contributed by atoms with Crippen molar-refractivity contribution in [3.8, 4) is 0 Å². The lowest BCUT2D eigenvalue weighted by molar-refractivity contribution is 0.0365. The van der Waals surface area contributed by atoms with Crippen LogP contribution in [0.5, 0.6) is 0 Å². The minimum atomic E-state index is -3.19. The fourth-order valence-electron chi connectivity index (χ4n) is 0.193. The van der Waals surface area contributed by atoms with E-state index in [1.54, 1.807) is 0 Å². The molecule has 0 heterocycles. The second-order valence-electron chi connectivity index (χ2n) is 0.911. The Morgan fingerprint density at radius 1 is 1.11 bits per heavy atom. The molecule has 0 amide bonds. The first-order chi connectivity index (χ1) is 4.09. The van der Waals surface area contributed by atoms with E-state index in [1.165, 1.54) is 0 Å². The van der Waals surface area contributed by atoms with Crippen molar-refractivity contribution in [2.45, 2.75) is 0 Å². The van der Waals surface area contributed by atoms with Crippen LogP contribution in [0.25, 0.3) is 0 Å². The molecule has 0 saturated carbocycles. The maximum Gasteiger partial charge on any atom is 0.239 e. The van der Waals surface area contributed by atoms with Gasteiger partial charge in [-0.2, -0.15) is 0 Å². The molecule has 0 aliphatic carbocycles. The Labute approximate surface area is 55.2 Å². The van der Waals surface area contributed by atoms with Gasteiger partial charge in [-0.15, -0.1) is 0 Å². The quantitative estimate of drug-likeness (QED) is 0.379. The van der Waals surface area contributed by atoms with Crippen molar-refractivity contribution in [2.75, 3.05) is 7.11 Å². The number of rotatable bonds is 3. The molecule has 8 heteroatoms. The maximum atomic E-state index is 9.83. The number of hydrogen-bond acceptors (Lipinski definition) is 5. The van der Waals surface area contributed by atoms with Crippen LogP contribution in [0, 0.1) is 0 Å². The molecule has 9 heavy (non-hydrogen) atoms. The largest absolute Gasteiger partial charge is 0.274 e. The highest BCUT2D eigenvalue weighted by Crippen LogP contribution is 1.84. The van der Waals surface area contributed by atoms with Crippen molar-refractivity contribution < 1.29 is 21.7 Å². The van der Waals surface area contributed by atoms with E-state index in [2.05, 4.69) is 4.84 Å². The Morgan fingerprint density at radius 2 is 1.44 bits per heavy atom. The Hall–Kier alpha value is -0.180. The van der Waals surface area contributed by atoms with Gasteiger partial charge in [-0.1, -0.05) is 0 Å². The van der Waals surface area contributed by atoms with E-state index in [1.807, 2.05) is 0 Å². The molecule has 0 aliphatic heterocycles. The zero-order valence-corrected chi connectivity index (χ0v) is 6.17. The van der Waals surface area contributed by atoms with Gasteiger partial charge in [0.1, 0.15) is 0 Å². The van der Waals surface area contributed by atoms with Crippen LogP contribution in [0.2, 0.25) is 0 Å². The van der Waals surface area contributed by atoms with Crippen molar-refractivity contribution in [1.82, 2.24) is 3.87 Å². The van der Waals surface area contributed by atoms with Crippen LogP contribution in [0.15, 0.2) is 0 Å². The molecule has 0 aromatic carbocycles. The zero-order valence-electron chi connectivity index (χ0n) is 4.38. The molecule has 0 aromatic rings. The van der Waals surface area contributed by atoms with Crippen molar-refractivity contribution in [2.24, 2.45) is 0 Å². The lowest BCUT2D eigenvalue weighted by atomic mass is 11.7. The molecule has 56 valence electrons. The molecule has 0 rings (SSSR count). The van der Waals surface area contributed by atoms with E-state index in [4.69, 9.17) is 0 Å². The van der Waals surface area contributed by atoms with Gasteiger partial charge in [0.15, 0.2) is 0 Å². The molecule has 0 unspecified atom stereocenters. The topological polar surface area (TPSA) is 80.8 Å². The van der Waals surface area contributed by atoms with Crippen molar-refractivity contribution in [3.05, 3.63) is 0 Å². The molecular weight excluding hydrogens is 170 g/mol. The summed E-state index contributed by atoms with van der Waals surface area (Å²) in [6.07, 6.45) is 0. The predicted octanol–water partition coefficient (Wildman–Crippen LogP) is -2.10. The van der Waals surface area contributed by atoms with Crippen LogP contribution in [-0.4, -0.2) is 27.8 Å². The summed E-state index contributed by atoms with van der Waals surface area (Å²) in [7, 11) is -5.44. The third-order valence-electron chi connectivity index (χ3n) is 0.443. The summed E-state index contributed by atoms with van der Waals surface area (Å²) in [5.41, 5.74) is 0. The van der Waals surface area contributed by atoms with Gasteiger partial charge in [-0.25, -0.2) is 16.8 Å². The molecule has 0 spiro atoms. The molecule has 0 atom stereocenters. The highest BCUT2D eigenvalue weighted by atomic mass is 32.2. The first-order valence-corrected chi connectivity index (χ1v) is 3.98. The van der Waals surface area contributed by atoms with Gasteiger partial charge < -0.3 is 0 Å². The van der Waals surface area contributed by atoms with Gasteiger partial charge in [0.05, 0.1) is 7.11 Å². The fourth-order valence-corrected chi connectivity index (χ4v) is 0.937. The molecule has 0 saturated heterocycles. The average molecular weight is 175 g/mol. The number of hydrogen-bond donors (Lipinski definition) is 2. The summed E-state index contributed by atoms with van der Waals surface area (Å²) >= 11 is 0. The van der Waals surface area contributed by atoms with Crippen LogP contribution in [0.3, 0.4) is 0 Å². The molecule has 0 fully saturated rings.